The summed E-state index contributed by atoms with van der Waals surface area (Å²) in [7, 11) is -3.71. The van der Waals surface area contributed by atoms with Crippen LogP contribution in [0.4, 0.5) is 4.39 Å². The average Bonchev–Trinajstić information content (AvgIpc) is 3.16. The summed E-state index contributed by atoms with van der Waals surface area (Å²) in [5.74, 6) is -0.556. The van der Waals surface area contributed by atoms with E-state index in [4.69, 9.17) is 18.0 Å². The SMILES string of the molecule is Cc1ccc(F)cc1S(=O)(=O)N(CCC(N)=S)C1CC1. The normalized spacial score (nSPS) is 15.6. The van der Waals surface area contributed by atoms with Gasteiger partial charge in [-0.25, -0.2) is 12.8 Å². The van der Waals surface area contributed by atoms with E-state index in [0.717, 1.165) is 18.9 Å². The van der Waals surface area contributed by atoms with E-state index in [1.165, 1.54) is 16.4 Å². The highest BCUT2D eigenvalue weighted by atomic mass is 32.2. The number of nitrogens with two attached hydrogens (primary N) is 1. The minimum absolute atomic E-state index is 0.0167. The molecule has 0 saturated heterocycles. The van der Waals surface area contributed by atoms with Crippen molar-refractivity contribution in [1.29, 1.82) is 0 Å². The fraction of sp³-hybridized carbons (Fsp3) is 0.462. The van der Waals surface area contributed by atoms with Gasteiger partial charge in [0.1, 0.15) is 5.82 Å². The molecule has 2 rings (SSSR count). The topological polar surface area (TPSA) is 63.4 Å². The molecule has 0 bridgehead atoms. The number of thiocarbonyl (C=S) groups is 1. The van der Waals surface area contributed by atoms with E-state index >= 15 is 0 Å². The van der Waals surface area contributed by atoms with Crippen molar-refractivity contribution in [3.05, 3.63) is 29.6 Å². The molecule has 0 atom stereocenters. The third-order valence-corrected chi connectivity index (χ3v) is 5.57. The van der Waals surface area contributed by atoms with E-state index < -0.39 is 15.8 Å². The number of nitrogens with zero attached hydrogens (tertiary/aromatic N) is 1. The van der Waals surface area contributed by atoms with Crippen LogP contribution in [0.15, 0.2) is 23.1 Å². The maximum absolute atomic E-state index is 13.3. The lowest BCUT2D eigenvalue weighted by Crippen LogP contribution is -2.36. The molecule has 1 aliphatic carbocycles. The lowest BCUT2D eigenvalue weighted by Gasteiger charge is -2.22. The summed E-state index contributed by atoms with van der Waals surface area (Å²) in [4.78, 5) is 0.300. The molecule has 0 unspecified atom stereocenters. The van der Waals surface area contributed by atoms with Crippen LogP contribution in [0.3, 0.4) is 0 Å². The van der Waals surface area contributed by atoms with E-state index in [1.807, 2.05) is 0 Å². The van der Waals surface area contributed by atoms with Gasteiger partial charge in [-0.2, -0.15) is 4.31 Å². The zero-order valence-corrected chi connectivity index (χ0v) is 12.8. The summed E-state index contributed by atoms with van der Waals surface area (Å²) in [6.45, 7) is 1.91. The Morgan fingerprint density at radius 2 is 2.15 bits per heavy atom. The first-order valence-corrected chi connectivity index (χ1v) is 8.23. The van der Waals surface area contributed by atoms with Crippen molar-refractivity contribution in [1.82, 2.24) is 4.31 Å². The second-order valence-corrected chi connectivity index (χ2v) is 7.36. The van der Waals surface area contributed by atoms with Gasteiger partial charge in [0, 0.05) is 19.0 Å². The van der Waals surface area contributed by atoms with Crippen molar-refractivity contribution in [2.24, 2.45) is 5.73 Å². The Morgan fingerprint density at radius 1 is 1.50 bits per heavy atom. The molecule has 0 aliphatic heterocycles. The standard InChI is InChI=1S/C13H17FN2O2S2/c1-9-2-3-10(14)8-12(9)20(17,18)16(11-4-5-11)7-6-13(15)19/h2-3,8,11H,4-7H2,1H3,(H2,15,19). The van der Waals surface area contributed by atoms with Crippen LogP contribution < -0.4 is 5.73 Å². The first-order valence-electron chi connectivity index (χ1n) is 6.38. The molecule has 0 spiro atoms. The second-order valence-electron chi connectivity index (χ2n) is 4.97. The third-order valence-electron chi connectivity index (χ3n) is 3.27. The Bertz CT molecular complexity index is 627. The lowest BCUT2D eigenvalue weighted by atomic mass is 10.2. The van der Waals surface area contributed by atoms with Crippen molar-refractivity contribution in [3.63, 3.8) is 0 Å². The van der Waals surface area contributed by atoms with E-state index in [1.54, 1.807) is 6.92 Å². The van der Waals surface area contributed by atoms with Crippen molar-refractivity contribution in [3.8, 4) is 0 Å². The molecule has 0 amide bonds. The summed E-state index contributed by atoms with van der Waals surface area (Å²) >= 11 is 4.80. The zero-order valence-electron chi connectivity index (χ0n) is 11.2. The number of aryl methyl sites for hydroxylation is 1. The highest BCUT2D eigenvalue weighted by molar-refractivity contribution is 7.89. The number of benzene rings is 1. The molecule has 1 aromatic carbocycles. The van der Waals surface area contributed by atoms with Crippen LogP contribution in [0.1, 0.15) is 24.8 Å². The Balaban J connectivity index is 2.35. The Kier molecular flexibility index (Phi) is 4.41. The van der Waals surface area contributed by atoms with Gasteiger partial charge in [-0.1, -0.05) is 18.3 Å². The second kappa shape index (κ2) is 5.75. The Hall–Kier alpha value is -1.05. The van der Waals surface area contributed by atoms with Gasteiger partial charge in [-0.05, 0) is 37.5 Å². The first kappa shape index (κ1) is 15.3. The van der Waals surface area contributed by atoms with E-state index in [-0.39, 0.29) is 22.5 Å². The van der Waals surface area contributed by atoms with Gasteiger partial charge in [-0.15, -0.1) is 0 Å². The van der Waals surface area contributed by atoms with E-state index in [2.05, 4.69) is 0 Å². The van der Waals surface area contributed by atoms with Crippen molar-refractivity contribution < 1.29 is 12.8 Å². The van der Waals surface area contributed by atoms with Gasteiger partial charge in [0.05, 0.1) is 9.88 Å². The maximum atomic E-state index is 13.3. The van der Waals surface area contributed by atoms with Crippen LogP contribution in [0.2, 0.25) is 0 Å². The number of rotatable bonds is 6. The molecule has 7 heteroatoms. The van der Waals surface area contributed by atoms with E-state index in [0.29, 0.717) is 12.0 Å². The molecule has 0 radical (unpaired) electrons. The molecule has 1 aliphatic rings. The molecule has 0 heterocycles. The number of sulfonamides is 1. The molecule has 1 saturated carbocycles. The van der Waals surface area contributed by atoms with Crippen molar-refractivity contribution in [2.75, 3.05) is 6.54 Å². The summed E-state index contributed by atoms with van der Waals surface area (Å²) in [5, 5.41) is 0. The predicted octanol–water partition coefficient (Wildman–Crippen LogP) is 1.96. The monoisotopic (exact) mass is 316 g/mol. The number of hydrogen-bond donors (Lipinski definition) is 1. The van der Waals surface area contributed by atoms with Crippen LogP contribution in [0.5, 0.6) is 0 Å². The highest BCUT2D eigenvalue weighted by Crippen LogP contribution is 2.33. The quantitative estimate of drug-likeness (QED) is 0.815. The molecule has 110 valence electrons. The minimum Gasteiger partial charge on any atom is -0.393 e. The third kappa shape index (κ3) is 3.34. The molecular formula is C13H17FN2O2S2. The Labute approximate surface area is 123 Å². The van der Waals surface area contributed by atoms with Crippen LogP contribution >= 0.6 is 12.2 Å². The minimum atomic E-state index is -3.71. The van der Waals surface area contributed by atoms with Crippen LogP contribution in [-0.4, -0.2) is 30.3 Å². The fourth-order valence-corrected chi connectivity index (χ4v) is 4.08. The molecule has 2 N–H and O–H groups in total. The van der Waals surface area contributed by atoms with Crippen LogP contribution in [-0.2, 0) is 10.0 Å². The van der Waals surface area contributed by atoms with Gasteiger partial charge in [0.2, 0.25) is 10.0 Å². The van der Waals surface area contributed by atoms with Gasteiger partial charge in [0.25, 0.3) is 0 Å². The summed E-state index contributed by atoms with van der Waals surface area (Å²) in [5.41, 5.74) is 5.98. The highest BCUT2D eigenvalue weighted by Gasteiger charge is 2.38. The summed E-state index contributed by atoms with van der Waals surface area (Å²) in [6, 6.07) is 3.78. The van der Waals surface area contributed by atoms with Gasteiger partial charge in [0.15, 0.2) is 0 Å². The molecular weight excluding hydrogens is 299 g/mol. The summed E-state index contributed by atoms with van der Waals surface area (Å²) < 4.78 is 40.1. The van der Waals surface area contributed by atoms with Crippen molar-refractivity contribution in [2.45, 2.75) is 37.1 Å². The van der Waals surface area contributed by atoms with Gasteiger partial charge >= 0.3 is 0 Å². The summed E-state index contributed by atoms with van der Waals surface area (Å²) in [6.07, 6.45) is 1.98. The van der Waals surface area contributed by atoms with Crippen LogP contribution in [0, 0.1) is 12.7 Å². The molecule has 20 heavy (non-hydrogen) atoms. The largest absolute Gasteiger partial charge is 0.393 e. The first-order chi connectivity index (χ1) is 9.32. The fourth-order valence-electron chi connectivity index (χ4n) is 2.06. The number of hydrogen-bond acceptors (Lipinski definition) is 3. The maximum Gasteiger partial charge on any atom is 0.243 e. The van der Waals surface area contributed by atoms with Crippen molar-refractivity contribution >= 4 is 27.2 Å². The molecule has 1 fully saturated rings. The molecule has 0 aromatic heterocycles. The predicted molar refractivity (Wildman–Crippen MR) is 79.5 cm³/mol. The average molecular weight is 316 g/mol. The Morgan fingerprint density at radius 3 is 2.70 bits per heavy atom. The van der Waals surface area contributed by atoms with E-state index in [9.17, 15) is 12.8 Å². The van der Waals surface area contributed by atoms with Crippen LogP contribution in [0.25, 0.3) is 0 Å². The molecule has 4 nitrogen and oxygen atoms in total. The van der Waals surface area contributed by atoms with Gasteiger partial charge < -0.3 is 5.73 Å². The molecule has 1 aromatic rings. The smallest absolute Gasteiger partial charge is 0.243 e. The zero-order chi connectivity index (χ0) is 14.9. The number of halogens is 1. The van der Waals surface area contributed by atoms with Gasteiger partial charge in [-0.3, -0.25) is 0 Å². The lowest BCUT2D eigenvalue weighted by molar-refractivity contribution is 0.412.